The second-order valence-electron chi connectivity index (χ2n) is 11.7. The summed E-state index contributed by atoms with van der Waals surface area (Å²) >= 11 is 0. The number of halogens is 2. The molecule has 0 saturated carbocycles. The van der Waals surface area contributed by atoms with Gasteiger partial charge in [-0.05, 0) is 86.1 Å². The Labute approximate surface area is 262 Å². The number of hydrogen-bond acceptors (Lipinski definition) is 9. The molecule has 2 N–H and O–H groups in total. The van der Waals surface area contributed by atoms with Gasteiger partial charge in [-0.3, -0.25) is 18.3 Å². The first-order chi connectivity index (χ1) is 21.6. The molecule has 1 unspecified atom stereocenters. The molecule has 0 spiro atoms. The molecule has 6 rings (SSSR count). The molecule has 2 aliphatic rings. The Morgan fingerprint density at radius 2 is 1.98 bits per heavy atom. The predicted molar refractivity (Wildman–Crippen MR) is 168 cm³/mol. The van der Waals surface area contributed by atoms with Crippen LogP contribution in [0.3, 0.4) is 0 Å². The Hall–Kier alpha value is -3.65. The predicted octanol–water partition coefficient (Wildman–Crippen LogP) is 6.66. The van der Waals surface area contributed by atoms with Gasteiger partial charge in [0.2, 0.25) is 5.82 Å². The van der Waals surface area contributed by atoms with E-state index in [1.165, 1.54) is 10.6 Å². The summed E-state index contributed by atoms with van der Waals surface area (Å²) in [5, 5.41) is 7.71. The minimum atomic E-state index is -3.36. The fourth-order valence-corrected chi connectivity index (χ4v) is 8.27. The molecule has 4 aromatic rings. The first-order valence-electron chi connectivity index (χ1n) is 15.2. The fraction of sp³-hybridized carbons (Fsp3) is 0.438. The van der Waals surface area contributed by atoms with Crippen LogP contribution in [0.2, 0.25) is 0 Å². The van der Waals surface area contributed by atoms with Gasteiger partial charge in [-0.25, -0.2) is 13.8 Å². The molecule has 2 atom stereocenters. The van der Waals surface area contributed by atoms with Crippen LogP contribution in [-0.2, 0) is 16.1 Å². The number of piperidine rings is 1. The molecule has 1 saturated heterocycles. The Balaban J connectivity index is 1.39. The van der Waals surface area contributed by atoms with E-state index >= 15 is 0 Å². The van der Waals surface area contributed by atoms with E-state index in [9.17, 15) is 22.7 Å². The lowest BCUT2D eigenvalue weighted by Crippen LogP contribution is -2.45. The normalized spacial score (nSPS) is 19.6. The molecule has 0 radical (unpaired) electrons. The Morgan fingerprint density at radius 1 is 1.16 bits per heavy atom. The van der Waals surface area contributed by atoms with Crippen molar-refractivity contribution in [2.75, 3.05) is 24.6 Å². The standard InChI is InChI=1S/C32H38F2N6O4S/c1-4-44-28(41)17-26(25-12-15-40-30(21(25)3)36-37-32(40)29(33)34)22-11-10-20(2)23(16-22)18-38-19-24-8-5-6-14-39(24)31-27(45(38,42)43)9-7-13-35-31/h7,9-13,15-16,24,26,29,42-43H,4-6,8,14,17-19H2,1-3H3/t24-,26?/m0/s1. The van der Waals surface area contributed by atoms with Crippen LogP contribution in [0.4, 0.5) is 14.6 Å². The summed E-state index contributed by atoms with van der Waals surface area (Å²) in [5.74, 6) is -0.659. The number of carbonyl (C=O) groups excluding carboxylic acids is 1. The number of benzene rings is 1. The SMILES string of the molecule is CCOC(=O)CC(c1ccc(C)c(CN2C[C@@H]3CCCCN3c3ncccc3S2(O)O)c1)c1ccn2c(C(F)F)nnc2c1C. The zero-order valence-electron chi connectivity index (χ0n) is 25.6. The van der Waals surface area contributed by atoms with Crippen molar-refractivity contribution in [3.8, 4) is 0 Å². The summed E-state index contributed by atoms with van der Waals surface area (Å²) in [6, 6.07) is 11.2. The number of ether oxygens (including phenoxy) is 1. The first kappa shape index (κ1) is 31.3. The second kappa shape index (κ2) is 12.6. The number of hydrogen-bond donors (Lipinski definition) is 2. The van der Waals surface area contributed by atoms with Crippen LogP contribution in [0.25, 0.3) is 5.65 Å². The average Bonchev–Trinajstić information content (AvgIpc) is 3.44. The summed E-state index contributed by atoms with van der Waals surface area (Å²) < 4.78 is 59.0. The number of nitrogens with zero attached hydrogens (tertiary/aromatic N) is 6. The Kier molecular flexibility index (Phi) is 8.79. The van der Waals surface area contributed by atoms with Crippen molar-refractivity contribution in [2.24, 2.45) is 0 Å². The minimum absolute atomic E-state index is 0.0260. The zero-order chi connectivity index (χ0) is 31.9. The lowest BCUT2D eigenvalue weighted by atomic mass is 9.85. The molecule has 0 amide bonds. The number of aryl methyl sites for hydroxylation is 2. The highest BCUT2D eigenvalue weighted by atomic mass is 32.3. The van der Waals surface area contributed by atoms with Crippen molar-refractivity contribution in [3.05, 3.63) is 82.4 Å². The van der Waals surface area contributed by atoms with Gasteiger partial charge in [0.25, 0.3) is 6.43 Å². The van der Waals surface area contributed by atoms with Crippen LogP contribution >= 0.6 is 10.8 Å². The van der Waals surface area contributed by atoms with Crippen molar-refractivity contribution >= 4 is 28.2 Å². The maximum Gasteiger partial charge on any atom is 0.306 e. The fourth-order valence-electron chi connectivity index (χ4n) is 6.62. The number of carbonyl (C=O) groups is 1. The molecule has 1 aromatic carbocycles. The maximum absolute atomic E-state index is 13.5. The number of aromatic nitrogens is 4. The van der Waals surface area contributed by atoms with E-state index in [0.29, 0.717) is 28.5 Å². The van der Waals surface area contributed by atoms with E-state index in [2.05, 4.69) is 20.1 Å². The van der Waals surface area contributed by atoms with E-state index in [1.54, 1.807) is 42.5 Å². The Morgan fingerprint density at radius 3 is 2.76 bits per heavy atom. The summed E-state index contributed by atoms with van der Waals surface area (Å²) in [5.41, 5.74) is 4.35. The van der Waals surface area contributed by atoms with Gasteiger partial charge in [-0.15, -0.1) is 21.0 Å². The lowest BCUT2D eigenvalue weighted by molar-refractivity contribution is -0.143. The summed E-state index contributed by atoms with van der Waals surface area (Å²) in [6.07, 6.45) is 3.47. The molecular formula is C32H38F2N6O4S. The van der Waals surface area contributed by atoms with Gasteiger partial charge < -0.3 is 9.64 Å². The van der Waals surface area contributed by atoms with Crippen molar-refractivity contribution < 1.29 is 27.4 Å². The molecule has 1 fully saturated rings. The molecule has 2 aliphatic heterocycles. The maximum atomic E-state index is 13.5. The summed E-state index contributed by atoms with van der Waals surface area (Å²) in [7, 11) is -3.36. The minimum Gasteiger partial charge on any atom is -0.466 e. The number of esters is 1. The van der Waals surface area contributed by atoms with Gasteiger partial charge in [-0.2, -0.15) is 4.31 Å². The van der Waals surface area contributed by atoms with E-state index in [0.717, 1.165) is 48.1 Å². The third-order valence-corrected chi connectivity index (χ3v) is 10.9. The van der Waals surface area contributed by atoms with E-state index in [1.807, 2.05) is 25.1 Å². The van der Waals surface area contributed by atoms with Gasteiger partial charge >= 0.3 is 5.97 Å². The van der Waals surface area contributed by atoms with Crippen LogP contribution < -0.4 is 4.90 Å². The summed E-state index contributed by atoms with van der Waals surface area (Å²) in [4.78, 5) is 20.1. The third kappa shape index (κ3) is 5.89. The number of rotatable bonds is 8. The topological polar surface area (TPSA) is 116 Å². The number of alkyl halides is 2. The van der Waals surface area contributed by atoms with Gasteiger partial charge in [0.05, 0.1) is 13.0 Å². The van der Waals surface area contributed by atoms with Crippen LogP contribution in [-0.4, -0.2) is 64.7 Å². The molecule has 240 valence electrons. The van der Waals surface area contributed by atoms with Crippen molar-refractivity contribution in [2.45, 2.75) is 76.3 Å². The number of anilines is 1. The molecular weight excluding hydrogens is 602 g/mol. The number of pyridine rings is 2. The van der Waals surface area contributed by atoms with Crippen molar-refractivity contribution in [1.82, 2.24) is 23.9 Å². The van der Waals surface area contributed by atoms with E-state index < -0.39 is 28.9 Å². The average molecular weight is 641 g/mol. The van der Waals surface area contributed by atoms with Gasteiger partial charge in [0, 0.05) is 44.0 Å². The van der Waals surface area contributed by atoms with Gasteiger partial charge in [0.15, 0.2) is 11.5 Å². The van der Waals surface area contributed by atoms with Crippen LogP contribution in [0, 0.1) is 13.8 Å². The molecule has 10 nitrogen and oxygen atoms in total. The first-order valence-corrected chi connectivity index (χ1v) is 16.7. The Bertz CT molecular complexity index is 1720. The quantitative estimate of drug-likeness (QED) is 0.204. The highest BCUT2D eigenvalue weighted by Crippen LogP contribution is 2.57. The second-order valence-corrected chi connectivity index (χ2v) is 13.7. The monoisotopic (exact) mass is 640 g/mol. The largest absolute Gasteiger partial charge is 0.466 e. The van der Waals surface area contributed by atoms with Crippen molar-refractivity contribution in [3.63, 3.8) is 0 Å². The van der Waals surface area contributed by atoms with Crippen LogP contribution in [0.15, 0.2) is 53.7 Å². The molecule has 3 aromatic heterocycles. The van der Waals surface area contributed by atoms with E-state index in [4.69, 9.17) is 4.74 Å². The van der Waals surface area contributed by atoms with Gasteiger partial charge in [-0.1, -0.05) is 18.2 Å². The van der Waals surface area contributed by atoms with Crippen LogP contribution in [0.1, 0.15) is 78.6 Å². The molecule has 13 heteroatoms. The van der Waals surface area contributed by atoms with Crippen LogP contribution in [0.5, 0.6) is 0 Å². The van der Waals surface area contributed by atoms with Crippen molar-refractivity contribution in [1.29, 1.82) is 0 Å². The van der Waals surface area contributed by atoms with Gasteiger partial charge in [0.1, 0.15) is 4.90 Å². The highest BCUT2D eigenvalue weighted by Gasteiger charge is 2.39. The lowest BCUT2D eigenvalue weighted by Gasteiger charge is -2.42. The highest BCUT2D eigenvalue weighted by molar-refractivity contribution is 8.22. The third-order valence-electron chi connectivity index (χ3n) is 8.98. The molecule has 0 aliphatic carbocycles. The number of fused-ring (bicyclic) bond motifs is 4. The zero-order valence-corrected chi connectivity index (χ0v) is 26.4. The molecule has 0 bridgehead atoms. The summed E-state index contributed by atoms with van der Waals surface area (Å²) in [6.45, 7) is 7.29. The molecule has 45 heavy (non-hydrogen) atoms. The smallest absolute Gasteiger partial charge is 0.306 e. The molecule has 5 heterocycles. The van der Waals surface area contributed by atoms with E-state index in [-0.39, 0.29) is 31.6 Å².